The Morgan fingerprint density at radius 1 is 1.44 bits per heavy atom. The first kappa shape index (κ1) is 13.1. The van der Waals surface area contributed by atoms with Crippen molar-refractivity contribution in [1.82, 2.24) is 9.88 Å². The first-order valence-corrected chi connectivity index (χ1v) is 6.38. The van der Waals surface area contributed by atoms with Gasteiger partial charge in [-0.2, -0.15) is 5.26 Å². The van der Waals surface area contributed by atoms with Gasteiger partial charge in [-0.15, -0.1) is 0 Å². The van der Waals surface area contributed by atoms with Crippen LogP contribution in [0.25, 0.3) is 0 Å². The van der Waals surface area contributed by atoms with E-state index in [2.05, 4.69) is 11.1 Å². The zero-order chi connectivity index (χ0) is 13.1. The maximum absolute atomic E-state index is 12.3. The number of nitrogens with zero attached hydrogens (tertiary/aromatic N) is 3. The highest BCUT2D eigenvalue weighted by molar-refractivity contribution is 6.33. The van der Waals surface area contributed by atoms with Gasteiger partial charge in [0.2, 0.25) is 0 Å². The molecule has 1 heterocycles. The summed E-state index contributed by atoms with van der Waals surface area (Å²) >= 11 is 11.6. The van der Waals surface area contributed by atoms with Crippen molar-refractivity contribution in [3.8, 4) is 6.07 Å². The van der Waals surface area contributed by atoms with Gasteiger partial charge in [0, 0.05) is 18.2 Å². The Balaban J connectivity index is 2.19. The highest BCUT2D eigenvalue weighted by atomic mass is 35.5. The zero-order valence-electron chi connectivity index (χ0n) is 9.57. The van der Waals surface area contributed by atoms with Crippen molar-refractivity contribution in [2.24, 2.45) is 0 Å². The lowest BCUT2D eigenvalue weighted by Crippen LogP contribution is -2.34. The molecule has 18 heavy (non-hydrogen) atoms. The van der Waals surface area contributed by atoms with Crippen molar-refractivity contribution in [3.05, 3.63) is 28.0 Å². The van der Waals surface area contributed by atoms with Gasteiger partial charge in [-0.1, -0.05) is 23.2 Å². The van der Waals surface area contributed by atoms with Gasteiger partial charge in [0.1, 0.15) is 10.3 Å². The molecule has 1 aromatic heterocycles. The van der Waals surface area contributed by atoms with Crippen LogP contribution in [0.4, 0.5) is 0 Å². The first-order valence-electron chi connectivity index (χ1n) is 5.63. The second-order valence-corrected chi connectivity index (χ2v) is 4.91. The van der Waals surface area contributed by atoms with E-state index in [1.54, 1.807) is 4.90 Å². The summed E-state index contributed by atoms with van der Waals surface area (Å²) in [5, 5.41) is 9.01. The number of hydrogen-bond acceptors (Lipinski definition) is 3. The van der Waals surface area contributed by atoms with Gasteiger partial charge in [0.05, 0.1) is 12.5 Å². The van der Waals surface area contributed by atoms with Crippen LogP contribution < -0.4 is 0 Å². The number of carbonyl (C=O) groups excluding carboxylic acids is 1. The summed E-state index contributed by atoms with van der Waals surface area (Å²) in [4.78, 5) is 17.8. The van der Waals surface area contributed by atoms with E-state index in [9.17, 15) is 4.79 Å². The molecule has 2 rings (SSSR count). The van der Waals surface area contributed by atoms with Crippen molar-refractivity contribution in [3.63, 3.8) is 0 Å². The second-order valence-electron chi connectivity index (χ2n) is 4.14. The molecule has 0 N–H and O–H groups in total. The second kappa shape index (κ2) is 5.55. The normalized spacial score (nSPS) is 14.1. The van der Waals surface area contributed by atoms with Gasteiger partial charge in [0.15, 0.2) is 0 Å². The lowest BCUT2D eigenvalue weighted by Gasteiger charge is -2.21. The number of aromatic nitrogens is 1. The lowest BCUT2D eigenvalue weighted by molar-refractivity contribution is 0.0746. The molecular weight excluding hydrogens is 273 g/mol. The molecule has 4 nitrogen and oxygen atoms in total. The Morgan fingerprint density at radius 2 is 2.06 bits per heavy atom. The summed E-state index contributed by atoms with van der Waals surface area (Å²) in [6.45, 7) is 0.442. The van der Waals surface area contributed by atoms with Crippen LogP contribution in [0.3, 0.4) is 0 Å². The number of pyridine rings is 1. The van der Waals surface area contributed by atoms with E-state index in [1.807, 2.05) is 0 Å². The molecule has 0 radical (unpaired) electrons. The predicted octanol–water partition coefficient (Wildman–Crippen LogP) is 2.91. The maximum atomic E-state index is 12.3. The summed E-state index contributed by atoms with van der Waals surface area (Å²) < 4.78 is 0. The minimum atomic E-state index is -0.140. The summed E-state index contributed by atoms with van der Waals surface area (Å²) in [7, 11) is 0. The van der Waals surface area contributed by atoms with Gasteiger partial charge in [0.25, 0.3) is 5.91 Å². The van der Waals surface area contributed by atoms with Gasteiger partial charge < -0.3 is 4.90 Å². The summed E-state index contributed by atoms with van der Waals surface area (Å²) in [5.41, 5.74) is 0.421. The highest BCUT2D eigenvalue weighted by Gasteiger charge is 2.32. The van der Waals surface area contributed by atoms with E-state index in [4.69, 9.17) is 28.5 Å². The molecule has 0 unspecified atom stereocenters. The predicted molar refractivity (Wildman–Crippen MR) is 68.5 cm³/mol. The minimum absolute atomic E-state index is 0.140. The quantitative estimate of drug-likeness (QED) is 0.799. The molecule has 0 aliphatic heterocycles. The van der Waals surface area contributed by atoms with Crippen LogP contribution in [-0.4, -0.2) is 28.4 Å². The molecule has 1 aliphatic rings. The van der Waals surface area contributed by atoms with E-state index < -0.39 is 0 Å². The van der Waals surface area contributed by atoms with Crippen LogP contribution >= 0.6 is 23.2 Å². The topological polar surface area (TPSA) is 57.0 Å². The zero-order valence-corrected chi connectivity index (χ0v) is 11.1. The van der Waals surface area contributed by atoms with E-state index in [1.165, 1.54) is 12.1 Å². The molecule has 1 aliphatic carbocycles. The molecule has 94 valence electrons. The fourth-order valence-electron chi connectivity index (χ4n) is 1.76. The average Bonchev–Trinajstić information content (AvgIpc) is 3.12. The van der Waals surface area contributed by atoms with Crippen molar-refractivity contribution in [1.29, 1.82) is 5.26 Å². The molecule has 0 spiro atoms. The minimum Gasteiger partial charge on any atom is -0.335 e. The number of rotatable bonds is 4. The van der Waals surface area contributed by atoms with Gasteiger partial charge in [-0.3, -0.25) is 4.79 Å². The SMILES string of the molecule is N#CCCN(C(=O)c1cc(Cl)nc(Cl)c1)C1CC1. The standard InChI is InChI=1S/C12H11Cl2N3O/c13-10-6-8(7-11(14)16-10)12(18)17(5-1-4-15)9-2-3-9/h6-7,9H,1-3,5H2. The van der Waals surface area contributed by atoms with Gasteiger partial charge >= 0.3 is 0 Å². The van der Waals surface area contributed by atoms with Crippen LogP contribution in [0.5, 0.6) is 0 Å². The fraction of sp³-hybridized carbons (Fsp3) is 0.417. The Hall–Kier alpha value is -1.31. The molecule has 1 fully saturated rings. The molecular formula is C12H11Cl2N3O. The molecule has 6 heteroatoms. The lowest BCUT2D eigenvalue weighted by atomic mass is 10.2. The Morgan fingerprint density at radius 3 is 2.56 bits per heavy atom. The highest BCUT2D eigenvalue weighted by Crippen LogP contribution is 2.29. The number of amides is 1. The molecule has 1 saturated carbocycles. The monoisotopic (exact) mass is 283 g/mol. The number of carbonyl (C=O) groups is 1. The molecule has 0 saturated heterocycles. The smallest absolute Gasteiger partial charge is 0.254 e. The van der Waals surface area contributed by atoms with Crippen LogP contribution in [0, 0.1) is 11.3 Å². The van der Waals surface area contributed by atoms with Gasteiger partial charge in [-0.25, -0.2) is 4.98 Å². The number of nitriles is 1. The van der Waals surface area contributed by atoms with Crippen molar-refractivity contribution >= 4 is 29.1 Å². The van der Waals surface area contributed by atoms with Gasteiger partial charge in [-0.05, 0) is 25.0 Å². The van der Waals surface area contributed by atoms with Crippen molar-refractivity contribution in [2.45, 2.75) is 25.3 Å². The largest absolute Gasteiger partial charge is 0.335 e. The van der Waals surface area contributed by atoms with Crippen molar-refractivity contribution in [2.75, 3.05) is 6.54 Å². The van der Waals surface area contributed by atoms with E-state index in [0.29, 0.717) is 18.5 Å². The van der Waals surface area contributed by atoms with Crippen LogP contribution in [0.1, 0.15) is 29.6 Å². The van der Waals surface area contributed by atoms with Crippen molar-refractivity contribution < 1.29 is 4.79 Å². The van der Waals surface area contributed by atoms with E-state index >= 15 is 0 Å². The summed E-state index contributed by atoms with van der Waals surface area (Å²) in [5.74, 6) is -0.140. The Bertz CT molecular complexity index is 488. The third-order valence-electron chi connectivity index (χ3n) is 2.72. The molecule has 0 aromatic carbocycles. The molecule has 1 aromatic rings. The Labute approximate surface area is 115 Å². The third-order valence-corrected chi connectivity index (χ3v) is 3.11. The molecule has 0 bridgehead atoms. The summed E-state index contributed by atoms with van der Waals surface area (Å²) in [6, 6.07) is 5.29. The molecule has 0 atom stereocenters. The summed E-state index contributed by atoms with van der Waals surface area (Å²) in [6.07, 6.45) is 2.31. The van der Waals surface area contributed by atoms with Crippen LogP contribution in [0.2, 0.25) is 10.3 Å². The Kier molecular flexibility index (Phi) is 4.05. The average molecular weight is 284 g/mol. The number of hydrogen-bond donors (Lipinski definition) is 0. The van der Waals surface area contributed by atoms with E-state index in [-0.39, 0.29) is 22.3 Å². The number of halogens is 2. The maximum Gasteiger partial charge on any atom is 0.254 e. The fourth-order valence-corrected chi connectivity index (χ4v) is 2.22. The molecule has 1 amide bonds. The first-order chi connectivity index (χ1) is 8.61. The van der Waals surface area contributed by atoms with Crippen LogP contribution in [0.15, 0.2) is 12.1 Å². The van der Waals surface area contributed by atoms with E-state index in [0.717, 1.165) is 12.8 Å². The van der Waals surface area contributed by atoms with Crippen LogP contribution in [-0.2, 0) is 0 Å². The third kappa shape index (κ3) is 3.12.